The van der Waals surface area contributed by atoms with E-state index < -0.39 is 0 Å². The maximum atomic E-state index is 13.1. The monoisotopic (exact) mass is 457 g/mol. The topological polar surface area (TPSA) is 53.4 Å². The molecule has 0 radical (unpaired) electrons. The Kier molecular flexibility index (Phi) is 6.74. The van der Waals surface area contributed by atoms with Crippen molar-refractivity contribution in [2.45, 2.75) is 17.9 Å². The van der Waals surface area contributed by atoms with Gasteiger partial charge in [0.25, 0.3) is 0 Å². The summed E-state index contributed by atoms with van der Waals surface area (Å²) in [5.41, 5.74) is 3.01. The summed E-state index contributed by atoms with van der Waals surface area (Å²) < 4.78 is 1.98. The van der Waals surface area contributed by atoms with E-state index in [1.54, 1.807) is 11.8 Å². The number of thioether (sulfide) groups is 1. The van der Waals surface area contributed by atoms with Crippen LogP contribution in [-0.4, -0.2) is 59.7 Å². The first-order chi connectivity index (χ1) is 14.7. The van der Waals surface area contributed by atoms with Gasteiger partial charge in [-0.2, -0.15) is 5.10 Å². The number of piperidine rings is 1. The minimum absolute atomic E-state index is 0. The predicted octanol–water partition coefficient (Wildman–Crippen LogP) is 4.41. The molecule has 1 aromatic heterocycles. The van der Waals surface area contributed by atoms with Crippen molar-refractivity contribution in [3.63, 3.8) is 0 Å². The van der Waals surface area contributed by atoms with Gasteiger partial charge < -0.3 is 10.2 Å². The first-order valence-electron chi connectivity index (χ1n) is 10.6. The number of rotatable bonds is 5. The van der Waals surface area contributed by atoms with Crippen LogP contribution in [0.5, 0.6) is 0 Å². The molecule has 2 amide bonds. The third-order valence-corrected chi connectivity index (χ3v) is 6.80. The molecular weight excluding hydrogens is 430 g/mol. The van der Waals surface area contributed by atoms with E-state index >= 15 is 0 Å². The number of halogens is 1. The summed E-state index contributed by atoms with van der Waals surface area (Å²) in [5.74, 6) is 0.564. The van der Waals surface area contributed by atoms with Gasteiger partial charge in [-0.3, -0.25) is 4.90 Å². The van der Waals surface area contributed by atoms with Crippen LogP contribution in [-0.2, 0) is 0 Å². The Morgan fingerprint density at radius 3 is 2.71 bits per heavy atom. The van der Waals surface area contributed by atoms with Crippen molar-refractivity contribution in [2.75, 3.05) is 43.9 Å². The number of benzene rings is 2. The summed E-state index contributed by atoms with van der Waals surface area (Å²) in [6, 6.07) is 16.6. The Bertz CT molecular complexity index is 1050. The molecule has 164 valence electrons. The van der Waals surface area contributed by atoms with Gasteiger partial charge in [0.1, 0.15) is 5.03 Å². The van der Waals surface area contributed by atoms with Crippen LogP contribution in [0.3, 0.4) is 0 Å². The number of carbonyl (C=O) groups excluding carboxylic acids is 1. The lowest BCUT2D eigenvalue weighted by Gasteiger charge is -2.27. The zero-order valence-electron chi connectivity index (χ0n) is 17.7. The first-order valence-corrected chi connectivity index (χ1v) is 11.9. The van der Waals surface area contributed by atoms with Gasteiger partial charge in [-0.15, -0.1) is 24.2 Å². The van der Waals surface area contributed by atoms with Gasteiger partial charge in [0, 0.05) is 30.7 Å². The number of amides is 2. The highest BCUT2D eigenvalue weighted by atomic mass is 35.5. The van der Waals surface area contributed by atoms with Crippen molar-refractivity contribution in [3.05, 3.63) is 48.5 Å². The Morgan fingerprint density at radius 2 is 1.97 bits per heavy atom. The standard InChI is InChI=1S/C23H27N5OS.ClH/c1-30-22-20-10-9-19(14-21(20)28(25-22)18-7-3-2-4-8-18)27-13-12-26(23(27)29)16-17-6-5-11-24-15-17;/h2-4,7-10,14,17,24H,5-6,11-13,15-16H2,1H3;1H. The highest BCUT2D eigenvalue weighted by molar-refractivity contribution is 7.98. The first kappa shape index (κ1) is 22.0. The molecule has 2 aromatic carbocycles. The number of hydrogen-bond donors (Lipinski definition) is 1. The molecule has 8 heteroatoms. The van der Waals surface area contributed by atoms with E-state index in [4.69, 9.17) is 5.10 Å². The van der Waals surface area contributed by atoms with Crippen molar-refractivity contribution in [2.24, 2.45) is 5.92 Å². The molecule has 1 unspecified atom stereocenters. The van der Waals surface area contributed by atoms with E-state index in [-0.39, 0.29) is 18.4 Å². The molecular formula is C23H28ClN5OS. The van der Waals surface area contributed by atoms with Gasteiger partial charge in [-0.1, -0.05) is 18.2 Å². The second-order valence-corrected chi connectivity index (χ2v) is 8.85. The van der Waals surface area contributed by atoms with Crippen molar-refractivity contribution in [1.29, 1.82) is 0 Å². The van der Waals surface area contributed by atoms with Crippen LogP contribution < -0.4 is 10.2 Å². The number of aromatic nitrogens is 2. The molecule has 0 spiro atoms. The third-order valence-electron chi connectivity index (χ3n) is 6.11. The van der Waals surface area contributed by atoms with Crippen LogP contribution in [0.25, 0.3) is 16.6 Å². The molecule has 3 aromatic rings. The molecule has 6 nitrogen and oxygen atoms in total. The summed E-state index contributed by atoms with van der Waals surface area (Å²) in [5, 5.41) is 10.4. The van der Waals surface area contributed by atoms with Gasteiger partial charge in [0.05, 0.1) is 11.2 Å². The molecule has 2 saturated heterocycles. The summed E-state index contributed by atoms with van der Waals surface area (Å²) in [6.45, 7) is 4.50. The molecule has 2 aliphatic heterocycles. The van der Waals surface area contributed by atoms with Crippen molar-refractivity contribution >= 4 is 46.8 Å². The largest absolute Gasteiger partial charge is 0.324 e. The van der Waals surface area contributed by atoms with Crippen molar-refractivity contribution in [1.82, 2.24) is 20.0 Å². The molecule has 2 fully saturated rings. The number of nitrogens with zero attached hydrogens (tertiary/aromatic N) is 4. The van der Waals surface area contributed by atoms with Crippen molar-refractivity contribution < 1.29 is 4.79 Å². The number of carbonyl (C=O) groups is 1. The molecule has 0 saturated carbocycles. The van der Waals surface area contributed by atoms with Crippen LogP contribution in [0.2, 0.25) is 0 Å². The van der Waals surface area contributed by atoms with Crippen molar-refractivity contribution in [3.8, 4) is 5.69 Å². The fourth-order valence-electron chi connectivity index (χ4n) is 4.54. The molecule has 1 atom stereocenters. The maximum absolute atomic E-state index is 13.1. The predicted molar refractivity (Wildman–Crippen MR) is 130 cm³/mol. The van der Waals surface area contributed by atoms with Crippen LogP contribution >= 0.6 is 24.2 Å². The lowest BCUT2D eigenvalue weighted by molar-refractivity contribution is 0.205. The number of nitrogens with one attached hydrogen (secondary N) is 1. The molecule has 0 bridgehead atoms. The van der Waals surface area contributed by atoms with Crippen LogP contribution in [0, 0.1) is 5.92 Å². The Balaban J connectivity index is 0.00000231. The zero-order valence-corrected chi connectivity index (χ0v) is 19.3. The highest BCUT2D eigenvalue weighted by Crippen LogP contribution is 2.32. The number of urea groups is 1. The SMILES string of the molecule is CSc1nn(-c2ccccc2)c2cc(N3CCN(CC4CCCNC4)C3=O)ccc12.Cl. The van der Waals surface area contributed by atoms with E-state index in [0.29, 0.717) is 5.92 Å². The maximum Gasteiger partial charge on any atom is 0.324 e. The third kappa shape index (κ3) is 4.27. The van der Waals surface area contributed by atoms with Crippen LogP contribution in [0.15, 0.2) is 53.6 Å². The van der Waals surface area contributed by atoms with Gasteiger partial charge in [0.2, 0.25) is 0 Å². The average molecular weight is 458 g/mol. The number of anilines is 1. The smallest absolute Gasteiger partial charge is 0.322 e. The highest BCUT2D eigenvalue weighted by Gasteiger charge is 2.31. The molecule has 3 heterocycles. The molecule has 31 heavy (non-hydrogen) atoms. The van der Waals surface area contributed by atoms with Gasteiger partial charge in [-0.25, -0.2) is 9.48 Å². The lowest BCUT2D eigenvalue weighted by atomic mass is 9.99. The van der Waals surface area contributed by atoms with E-state index in [1.165, 1.54) is 12.8 Å². The zero-order chi connectivity index (χ0) is 20.5. The quantitative estimate of drug-likeness (QED) is 0.576. The summed E-state index contributed by atoms with van der Waals surface area (Å²) >= 11 is 1.65. The summed E-state index contributed by atoms with van der Waals surface area (Å²) in [6.07, 6.45) is 4.46. The van der Waals surface area contributed by atoms with Gasteiger partial charge >= 0.3 is 6.03 Å². The Labute approximate surface area is 193 Å². The Morgan fingerprint density at radius 1 is 1.13 bits per heavy atom. The average Bonchev–Trinajstić information content (AvgIpc) is 3.35. The lowest BCUT2D eigenvalue weighted by Crippen LogP contribution is -2.40. The minimum Gasteiger partial charge on any atom is -0.322 e. The second-order valence-electron chi connectivity index (χ2n) is 8.05. The van der Waals surface area contributed by atoms with E-state index in [0.717, 1.165) is 60.0 Å². The Hall–Kier alpha value is -2.22. The summed E-state index contributed by atoms with van der Waals surface area (Å²) in [7, 11) is 0. The minimum atomic E-state index is 0. The fraction of sp³-hybridized carbons (Fsp3) is 0.391. The van der Waals surface area contributed by atoms with E-state index in [2.05, 4.69) is 35.6 Å². The number of fused-ring (bicyclic) bond motifs is 1. The number of hydrogen-bond acceptors (Lipinski definition) is 4. The van der Waals surface area contributed by atoms with E-state index in [9.17, 15) is 4.79 Å². The molecule has 5 rings (SSSR count). The normalized spacial score (nSPS) is 19.1. The molecule has 1 N–H and O–H groups in total. The van der Waals surface area contributed by atoms with Gasteiger partial charge in [-0.05, 0) is 68.4 Å². The second kappa shape index (κ2) is 9.51. The molecule has 0 aliphatic carbocycles. The van der Waals surface area contributed by atoms with Crippen LogP contribution in [0.1, 0.15) is 12.8 Å². The van der Waals surface area contributed by atoms with Crippen LogP contribution in [0.4, 0.5) is 10.5 Å². The van der Waals surface area contributed by atoms with Gasteiger partial charge in [0.15, 0.2) is 0 Å². The van der Waals surface area contributed by atoms with E-state index in [1.807, 2.05) is 38.9 Å². The molecule has 2 aliphatic rings. The number of para-hydroxylation sites is 1. The fourth-order valence-corrected chi connectivity index (χ4v) is 5.10. The summed E-state index contributed by atoms with van der Waals surface area (Å²) in [4.78, 5) is 17.1.